The number of rotatable bonds is 3. The Labute approximate surface area is 140 Å². The molecule has 0 aromatic carbocycles. The van der Waals surface area contributed by atoms with E-state index in [9.17, 15) is 4.79 Å². The van der Waals surface area contributed by atoms with E-state index in [0.29, 0.717) is 30.4 Å². The van der Waals surface area contributed by atoms with Crippen LogP contribution < -0.4 is 10.6 Å². The van der Waals surface area contributed by atoms with Crippen LogP contribution in [0.3, 0.4) is 0 Å². The van der Waals surface area contributed by atoms with Gasteiger partial charge in [0.1, 0.15) is 5.82 Å². The zero-order chi connectivity index (χ0) is 16.5. The fraction of sp³-hybridized carbons (Fsp3) is 0.562. The lowest BCUT2D eigenvalue weighted by atomic mass is 10.1. The SMILES string of the molecule is Cc1nc2c(NC(=O)N[C@H]3COC[C@@H]3N3CCCC3)cccn2n1. The number of likely N-dealkylation sites (tertiary alicyclic amines) is 1. The number of nitrogens with one attached hydrogen (secondary N) is 2. The summed E-state index contributed by atoms with van der Waals surface area (Å²) in [4.78, 5) is 19.2. The molecule has 2 aliphatic heterocycles. The number of carbonyl (C=O) groups is 1. The van der Waals surface area contributed by atoms with Crippen molar-refractivity contribution in [2.24, 2.45) is 0 Å². The molecule has 2 saturated heterocycles. The molecule has 2 atom stereocenters. The van der Waals surface area contributed by atoms with E-state index in [1.807, 2.05) is 25.3 Å². The quantitative estimate of drug-likeness (QED) is 0.878. The summed E-state index contributed by atoms with van der Waals surface area (Å²) in [6.45, 7) is 5.25. The summed E-state index contributed by atoms with van der Waals surface area (Å²) >= 11 is 0. The van der Waals surface area contributed by atoms with Gasteiger partial charge in [-0.1, -0.05) is 0 Å². The molecule has 0 radical (unpaired) electrons. The van der Waals surface area contributed by atoms with Crippen LogP contribution in [0.5, 0.6) is 0 Å². The highest BCUT2D eigenvalue weighted by Gasteiger charge is 2.35. The molecule has 2 N–H and O–H groups in total. The highest BCUT2D eigenvalue weighted by Crippen LogP contribution is 2.19. The Morgan fingerprint density at radius 1 is 1.33 bits per heavy atom. The Balaban J connectivity index is 1.44. The van der Waals surface area contributed by atoms with Crippen LogP contribution in [0.25, 0.3) is 5.65 Å². The fourth-order valence-corrected chi connectivity index (χ4v) is 3.55. The van der Waals surface area contributed by atoms with Crippen molar-refractivity contribution in [1.82, 2.24) is 24.8 Å². The van der Waals surface area contributed by atoms with Crippen LogP contribution in [0.2, 0.25) is 0 Å². The third-order valence-electron chi connectivity index (χ3n) is 4.69. The number of pyridine rings is 1. The summed E-state index contributed by atoms with van der Waals surface area (Å²) < 4.78 is 7.26. The summed E-state index contributed by atoms with van der Waals surface area (Å²) in [5.41, 5.74) is 1.29. The number of aromatic nitrogens is 3. The van der Waals surface area contributed by atoms with Gasteiger partial charge in [-0.2, -0.15) is 5.10 Å². The molecule has 0 aliphatic carbocycles. The Morgan fingerprint density at radius 3 is 3.00 bits per heavy atom. The third kappa shape index (κ3) is 2.94. The van der Waals surface area contributed by atoms with E-state index in [1.165, 1.54) is 12.8 Å². The molecule has 2 aliphatic rings. The molecule has 4 heterocycles. The second-order valence-corrected chi connectivity index (χ2v) is 6.40. The van der Waals surface area contributed by atoms with Crippen molar-refractivity contribution in [3.8, 4) is 0 Å². The van der Waals surface area contributed by atoms with Gasteiger partial charge in [-0.25, -0.2) is 14.3 Å². The Morgan fingerprint density at radius 2 is 2.17 bits per heavy atom. The van der Waals surface area contributed by atoms with Gasteiger partial charge < -0.3 is 15.4 Å². The van der Waals surface area contributed by atoms with Crippen molar-refractivity contribution < 1.29 is 9.53 Å². The monoisotopic (exact) mass is 330 g/mol. The summed E-state index contributed by atoms with van der Waals surface area (Å²) in [5.74, 6) is 0.669. The van der Waals surface area contributed by atoms with Gasteiger partial charge >= 0.3 is 6.03 Å². The topological polar surface area (TPSA) is 83.8 Å². The maximum Gasteiger partial charge on any atom is 0.319 e. The van der Waals surface area contributed by atoms with E-state index >= 15 is 0 Å². The zero-order valence-corrected chi connectivity index (χ0v) is 13.7. The van der Waals surface area contributed by atoms with Crippen LogP contribution in [0.4, 0.5) is 10.5 Å². The Bertz CT molecular complexity index is 739. The van der Waals surface area contributed by atoms with Crippen LogP contribution >= 0.6 is 0 Å². The molecule has 2 fully saturated rings. The molecule has 0 spiro atoms. The zero-order valence-electron chi connectivity index (χ0n) is 13.7. The minimum atomic E-state index is -0.233. The van der Waals surface area contributed by atoms with Gasteiger partial charge in [0, 0.05) is 6.20 Å². The molecule has 24 heavy (non-hydrogen) atoms. The van der Waals surface area contributed by atoms with Crippen LogP contribution in [0, 0.1) is 6.92 Å². The number of anilines is 1. The largest absolute Gasteiger partial charge is 0.378 e. The molecule has 0 bridgehead atoms. The number of amides is 2. The smallest absolute Gasteiger partial charge is 0.319 e. The van der Waals surface area contributed by atoms with Crippen LogP contribution in [-0.2, 0) is 4.74 Å². The maximum absolute atomic E-state index is 12.4. The number of hydrogen-bond donors (Lipinski definition) is 2. The predicted octanol–water partition coefficient (Wildman–Crippen LogP) is 1.02. The second kappa shape index (κ2) is 6.37. The van der Waals surface area contributed by atoms with Crippen molar-refractivity contribution in [2.75, 3.05) is 31.6 Å². The highest BCUT2D eigenvalue weighted by atomic mass is 16.5. The molecule has 2 aromatic rings. The third-order valence-corrected chi connectivity index (χ3v) is 4.69. The lowest BCUT2D eigenvalue weighted by Crippen LogP contribution is -2.51. The minimum Gasteiger partial charge on any atom is -0.378 e. The molecule has 8 nitrogen and oxygen atoms in total. The standard InChI is InChI=1S/C16H22N6O2/c1-11-17-15-12(5-4-8-22(15)20-11)18-16(23)19-13-9-24-10-14(13)21-6-2-3-7-21/h4-5,8,13-14H,2-3,6-7,9-10H2,1H3,(H2,18,19,23)/t13-,14-/m0/s1. The summed E-state index contributed by atoms with van der Waals surface area (Å²) in [6, 6.07) is 3.71. The number of hydrogen-bond acceptors (Lipinski definition) is 5. The first kappa shape index (κ1) is 15.3. The van der Waals surface area contributed by atoms with Crippen LogP contribution in [-0.4, -0.2) is 63.9 Å². The predicted molar refractivity (Wildman–Crippen MR) is 89.1 cm³/mol. The lowest BCUT2D eigenvalue weighted by molar-refractivity contribution is 0.159. The molecule has 128 valence electrons. The number of nitrogens with zero attached hydrogens (tertiary/aromatic N) is 4. The van der Waals surface area contributed by atoms with E-state index in [2.05, 4.69) is 25.6 Å². The summed E-state index contributed by atoms with van der Waals surface area (Å²) in [7, 11) is 0. The van der Waals surface area contributed by atoms with Crippen molar-refractivity contribution >= 4 is 17.4 Å². The average molecular weight is 330 g/mol. The van der Waals surface area contributed by atoms with Crippen molar-refractivity contribution in [3.05, 3.63) is 24.2 Å². The van der Waals surface area contributed by atoms with Crippen LogP contribution in [0.15, 0.2) is 18.3 Å². The highest BCUT2D eigenvalue weighted by molar-refractivity contribution is 5.93. The summed E-state index contributed by atoms with van der Waals surface area (Å²) in [5, 5.41) is 10.2. The maximum atomic E-state index is 12.4. The van der Waals surface area contributed by atoms with Gasteiger partial charge in [0.05, 0.1) is 31.0 Å². The van der Waals surface area contributed by atoms with Crippen molar-refractivity contribution in [1.29, 1.82) is 0 Å². The van der Waals surface area contributed by atoms with Crippen molar-refractivity contribution in [3.63, 3.8) is 0 Å². The van der Waals surface area contributed by atoms with Gasteiger partial charge in [0.25, 0.3) is 0 Å². The van der Waals surface area contributed by atoms with Gasteiger partial charge in [-0.05, 0) is 45.0 Å². The minimum absolute atomic E-state index is 0.0161. The van der Waals surface area contributed by atoms with E-state index in [-0.39, 0.29) is 18.1 Å². The molecule has 2 aromatic heterocycles. The number of carbonyl (C=O) groups excluding carboxylic acids is 1. The second-order valence-electron chi connectivity index (χ2n) is 6.40. The normalized spacial score (nSPS) is 24.5. The number of urea groups is 1. The molecule has 2 amide bonds. The molecule has 0 saturated carbocycles. The molecular weight excluding hydrogens is 308 g/mol. The van der Waals surface area contributed by atoms with E-state index < -0.39 is 0 Å². The lowest BCUT2D eigenvalue weighted by Gasteiger charge is -2.27. The summed E-state index contributed by atoms with van der Waals surface area (Å²) in [6.07, 6.45) is 4.26. The number of aryl methyl sites for hydroxylation is 1. The van der Waals surface area contributed by atoms with E-state index in [4.69, 9.17) is 4.74 Å². The Hall–Kier alpha value is -2.19. The van der Waals surface area contributed by atoms with Gasteiger partial charge in [0.15, 0.2) is 5.65 Å². The van der Waals surface area contributed by atoms with Gasteiger partial charge in [-0.15, -0.1) is 0 Å². The number of fused-ring (bicyclic) bond motifs is 1. The molecule has 0 unspecified atom stereocenters. The first-order valence-corrected chi connectivity index (χ1v) is 8.42. The molecular formula is C16H22N6O2. The first-order chi connectivity index (χ1) is 11.7. The average Bonchev–Trinajstić information content (AvgIpc) is 3.26. The van der Waals surface area contributed by atoms with Gasteiger partial charge in [0.2, 0.25) is 0 Å². The number of ether oxygens (including phenoxy) is 1. The molecule has 4 rings (SSSR count). The Kier molecular flexibility index (Phi) is 4.07. The fourth-order valence-electron chi connectivity index (χ4n) is 3.55. The van der Waals surface area contributed by atoms with E-state index in [1.54, 1.807) is 4.52 Å². The molecule has 8 heteroatoms. The van der Waals surface area contributed by atoms with Gasteiger partial charge in [-0.3, -0.25) is 4.90 Å². The van der Waals surface area contributed by atoms with E-state index in [0.717, 1.165) is 13.1 Å². The van der Waals surface area contributed by atoms with Crippen LogP contribution in [0.1, 0.15) is 18.7 Å². The first-order valence-electron chi connectivity index (χ1n) is 8.42. The van der Waals surface area contributed by atoms with Crippen molar-refractivity contribution in [2.45, 2.75) is 31.8 Å².